The van der Waals surface area contributed by atoms with Crippen molar-refractivity contribution in [1.82, 2.24) is 9.80 Å². The summed E-state index contributed by atoms with van der Waals surface area (Å²) in [6.07, 6.45) is 3.97. The maximum Gasteiger partial charge on any atom is 0.246 e. The van der Waals surface area contributed by atoms with Gasteiger partial charge in [0.05, 0.1) is 0 Å². The van der Waals surface area contributed by atoms with Gasteiger partial charge in [0.25, 0.3) is 0 Å². The molecule has 1 fully saturated rings. The van der Waals surface area contributed by atoms with Crippen LogP contribution < -0.4 is 0 Å². The van der Waals surface area contributed by atoms with E-state index in [9.17, 15) is 9.59 Å². The van der Waals surface area contributed by atoms with Crippen molar-refractivity contribution in [3.05, 3.63) is 12.2 Å². The van der Waals surface area contributed by atoms with E-state index in [1.165, 1.54) is 0 Å². The van der Waals surface area contributed by atoms with Crippen LogP contribution in [0.15, 0.2) is 12.2 Å². The van der Waals surface area contributed by atoms with E-state index in [2.05, 4.69) is 13.8 Å². The molecule has 0 saturated carbocycles. The lowest BCUT2D eigenvalue weighted by molar-refractivity contribution is -0.130. The molecule has 0 spiro atoms. The molecule has 1 aliphatic heterocycles. The number of allylic oxidation sites excluding steroid dienone is 1. The molecule has 2 amide bonds. The molecule has 0 aromatic rings. The Kier molecular flexibility index (Phi) is 6.06. The van der Waals surface area contributed by atoms with Gasteiger partial charge < -0.3 is 9.80 Å². The highest BCUT2D eigenvalue weighted by molar-refractivity contribution is 5.88. The number of carbonyl (C=O) groups excluding carboxylic acids is 2. The average Bonchev–Trinajstić information content (AvgIpc) is 2.49. The van der Waals surface area contributed by atoms with Crippen LogP contribution in [0, 0.1) is 11.8 Å². The van der Waals surface area contributed by atoms with Gasteiger partial charge in [0.15, 0.2) is 0 Å². The normalized spacial score (nSPS) is 17.7. The van der Waals surface area contributed by atoms with Crippen LogP contribution in [-0.4, -0.2) is 47.8 Å². The molecule has 1 heterocycles. The highest BCUT2D eigenvalue weighted by atomic mass is 16.2. The quantitative estimate of drug-likeness (QED) is 0.729. The van der Waals surface area contributed by atoms with Gasteiger partial charge in [0.1, 0.15) is 0 Å². The molecule has 0 bridgehead atoms. The molecule has 0 aromatic carbocycles. The first-order valence-corrected chi connectivity index (χ1v) is 7.15. The molecular formula is C15H26N2O2. The Morgan fingerprint density at radius 2 is 1.89 bits per heavy atom. The summed E-state index contributed by atoms with van der Waals surface area (Å²) >= 11 is 0. The average molecular weight is 266 g/mol. The highest BCUT2D eigenvalue weighted by Crippen LogP contribution is 2.08. The molecule has 0 radical (unpaired) electrons. The third kappa shape index (κ3) is 5.45. The molecule has 0 N–H and O–H groups in total. The van der Waals surface area contributed by atoms with E-state index >= 15 is 0 Å². The van der Waals surface area contributed by atoms with Crippen LogP contribution >= 0.6 is 0 Å². The zero-order chi connectivity index (χ0) is 14.4. The molecule has 19 heavy (non-hydrogen) atoms. The number of amides is 2. The largest absolute Gasteiger partial charge is 0.341 e. The minimum atomic E-state index is 0.0212. The Labute approximate surface area is 116 Å². The van der Waals surface area contributed by atoms with Crippen LogP contribution in [0.25, 0.3) is 0 Å². The van der Waals surface area contributed by atoms with E-state index in [1.54, 1.807) is 11.0 Å². The van der Waals surface area contributed by atoms with Crippen molar-refractivity contribution in [2.24, 2.45) is 11.8 Å². The molecule has 0 aromatic heterocycles. The van der Waals surface area contributed by atoms with Gasteiger partial charge in [0, 0.05) is 32.6 Å². The molecule has 0 unspecified atom stereocenters. The topological polar surface area (TPSA) is 40.6 Å². The van der Waals surface area contributed by atoms with Gasteiger partial charge in [-0.3, -0.25) is 9.59 Å². The van der Waals surface area contributed by atoms with E-state index in [0.717, 1.165) is 6.54 Å². The van der Waals surface area contributed by atoms with Crippen LogP contribution in [0.1, 0.15) is 34.1 Å². The van der Waals surface area contributed by atoms with Crippen LogP contribution in [0.5, 0.6) is 0 Å². The van der Waals surface area contributed by atoms with Crippen molar-refractivity contribution in [1.29, 1.82) is 0 Å². The summed E-state index contributed by atoms with van der Waals surface area (Å²) in [5.41, 5.74) is 0. The first kappa shape index (κ1) is 15.7. The van der Waals surface area contributed by atoms with E-state index in [0.29, 0.717) is 37.9 Å². The molecule has 4 nitrogen and oxygen atoms in total. The van der Waals surface area contributed by atoms with Gasteiger partial charge in [0.2, 0.25) is 11.8 Å². The monoisotopic (exact) mass is 266 g/mol. The molecule has 4 heteroatoms. The second-order valence-corrected chi connectivity index (χ2v) is 5.91. The van der Waals surface area contributed by atoms with Gasteiger partial charge >= 0.3 is 0 Å². The van der Waals surface area contributed by atoms with Crippen molar-refractivity contribution in [2.45, 2.75) is 34.1 Å². The van der Waals surface area contributed by atoms with E-state index < -0.39 is 0 Å². The number of carbonyl (C=O) groups is 2. The molecule has 108 valence electrons. The summed E-state index contributed by atoms with van der Waals surface area (Å²) in [5.74, 6) is 1.02. The zero-order valence-corrected chi connectivity index (χ0v) is 12.6. The molecule has 0 atom stereocenters. The Hall–Kier alpha value is -1.32. The maximum absolute atomic E-state index is 12.0. The summed E-state index contributed by atoms with van der Waals surface area (Å²) < 4.78 is 0. The summed E-state index contributed by atoms with van der Waals surface area (Å²) in [6.45, 7) is 10.9. The van der Waals surface area contributed by atoms with Gasteiger partial charge in [-0.15, -0.1) is 0 Å². The number of rotatable bonds is 4. The van der Waals surface area contributed by atoms with E-state index in [1.807, 2.05) is 24.8 Å². The number of nitrogens with zero attached hydrogens (tertiary/aromatic N) is 2. The molecule has 1 rings (SSSR count). The summed E-state index contributed by atoms with van der Waals surface area (Å²) in [6, 6.07) is 0. The lowest BCUT2D eigenvalue weighted by Gasteiger charge is -2.23. The summed E-state index contributed by atoms with van der Waals surface area (Å²) in [4.78, 5) is 27.6. The summed E-state index contributed by atoms with van der Waals surface area (Å²) in [7, 11) is 0. The van der Waals surface area contributed by atoms with Crippen molar-refractivity contribution in [2.75, 3.05) is 26.2 Å². The third-order valence-corrected chi connectivity index (χ3v) is 3.11. The minimum Gasteiger partial charge on any atom is -0.341 e. The number of hydrogen-bond donors (Lipinski definition) is 0. The second kappa shape index (κ2) is 7.31. The minimum absolute atomic E-state index is 0.0212. The fraction of sp³-hybridized carbons (Fsp3) is 0.733. The predicted octanol–water partition coefficient (Wildman–Crippen LogP) is 1.92. The summed E-state index contributed by atoms with van der Waals surface area (Å²) in [5, 5.41) is 0. The van der Waals surface area contributed by atoms with Crippen molar-refractivity contribution >= 4 is 11.8 Å². The molecule has 1 saturated heterocycles. The van der Waals surface area contributed by atoms with Crippen molar-refractivity contribution in [3.63, 3.8) is 0 Å². The van der Waals surface area contributed by atoms with Crippen molar-refractivity contribution < 1.29 is 9.59 Å². The Morgan fingerprint density at radius 1 is 1.21 bits per heavy atom. The number of hydrogen-bond acceptors (Lipinski definition) is 2. The van der Waals surface area contributed by atoms with Gasteiger partial charge in [-0.25, -0.2) is 0 Å². The Balaban J connectivity index is 2.57. The van der Waals surface area contributed by atoms with Crippen LogP contribution in [0.4, 0.5) is 0 Å². The van der Waals surface area contributed by atoms with E-state index in [-0.39, 0.29) is 11.8 Å². The smallest absolute Gasteiger partial charge is 0.246 e. The first-order valence-electron chi connectivity index (χ1n) is 7.15. The fourth-order valence-corrected chi connectivity index (χ4v) is 2.10. The Bertz CT molecular complexity index is 348. The molecular weight excluding hydrogens is 240 g/mol. The SMILES string of the molecule is CC(C)/C=C/C(=O)N1CCC(=O)N(CC(C)C)CC1. The fourth-order valence-electron chi connectivity index (χ4n) is 2.10. The third-order valence-electron chi connectivity index (χ3n) is 3.11. The van der Waals surface area contributed by atoms with E-state index in [4.69, 9.17) is 0 Å². The van der Waals surface area contributed by atoms with Gasteiger partial charge in [-0.05, 0) is 17.9 Å². The van der Waals surface area contributed by atoms with Crippen LogP contribution in [-0.2, 0) is 9.59 Å². The standard InChI is InChI=1S/C15H26N2O2/c1-12(2)5-6-14(18)16-8-7-15(19)17(10-9-16)11-13(3)4/h5-6,12-13H,7-11H2,1-4H3/b6-5+. The van der Waals surface area contributed by atoms with Crippen LogP contribution in [0.2, 0.25) is 0 Å². The molecule has 0 aliphatic carbocycles. The lowest BCUT2D eigenvalue weighted by Crippen LogP contribution is -2.37. The first-order chi connectivity index (χ1) is 8.90. The van der Waals surface area contributed by atoms with Gasteiger partial charge in [-0.2, -0.15) is 0 Å². The maximum atomic E-state index is 12.0. The zero-order valence-electron chi connectivity index (χ0n) is 12.6. The van der Waals surface area contributed by atoms with Gasteiger partial charge in [-0.1, -0.05) is 33.8 Å². The van der Waals surface area contributed by atoms with Crippen LogP contribution in [0.3, 0.4) is 0 Å². The lowest BCUT2D eigenvalue weighted by atomic mass is 10.2. The predicted molar refractivity (Wildman–Crippen MR) is 76.6 cm³/mol. The second-order valence-electron chi connectivity index (χ2n) is 5.91. The highest BCUT2D eigenvalue weighted by Gasteiger charge is 2.22. The Morgan fingerprint density at radius 3 is 2.47 bits per heavy atom. The molecule has 1 aliphatic rings. The van der Waals surface area contributed by atoms with Crippen molar-refractivity contribution in [3.8, 4) is 0 Å².